The van der Waals surface area contributed by atoms with E-state index in [9.17, 15) is 0 Å². The molecule has 1 aromatic rings. The minimum Gasteiger partial charge on any atom is -0.378 e. The van der Waals surface area contributed by atoms with Gasteiger partial charge >= 0.3 is 0 Å². The van der Waals surface area contributed by atoms with Gasteiger partial charge in [-0.1, -0.05) is 0 Å². The normalized spacial score (nSPS) is 32.2. The minimum absolute atomic E-state index is 0.483. The summed E-state index contributed by atoms with van der Waals surface area (Å²) >= 11 is 2.02. The lowest BCUT2D eigenvalue weighted by Crippen LogP contribution is -2.53. The van der Waals surface area contributed by atoms with E-state index < -0.39 is 0 Å². The SMILES string of the molecule is c1nc(N[C@@H]2C[C@H]3OCCC[C@@H]23)cc(N2CCSCC2)n1. The first-order valence-corrected chi connectivity index (χ1v) is 9.08. The monoisotopic (exact) mass is 306 g/mol. The first-order chi connectivity index (χ1) is 10.4. The van der Waals surface area contributed by atoms with Crippen molar-refractivity contribution >= 4 is 23.4 Å². The number of ether oxygens (including phenoxy) is 1. The molecule has 5 nitrogen and oxygen atoms in total. The van der Waals surface area contributed by atoms with Crippen molar-refractivity contribution in [2.45, 2.75) is 31.4 Å². The third-order valence-corrected chi connectivity index (χ3v) is 5.76. The maximum Gasteiger partial charge on any atom is 0.134 e. The highest BCUT2D eigenvalue weighted by Gasteiger charge is 2.43. The molecular weight excluding hydrogens is 284 g/mol. The Labute approximate surface area is 129 Å². The Morgan fingerprint density at radius 3 is 3.05 bits per heavy atom. The van der Waals surface area contributed by atoms with Crippen LogP contribution in [0.3, 0.4) is 0 Å². The van der Waals surface area contributed by atoms with Gasteiger partial charge in [-0.25, -0.2) is 9.97 Å². The van der Waals surface area contributed by atoms with E-state index in [0.29, 0.717) is 18.1 Å². The number of rotatable bonds is 3. The van der Waals surface area contributed by atoms with Crippen LogP contribution >= 0.6 is 11.8 Å². The number of thioether (sulfide) groups is 1. The van der Waals surface area contributed by atoms with E-state index >= 15 is 0 Å². The summed E-state index contributed by atoms with van der Waals surface area (Å²) in [4.78, 5) is 11.2. The van der Waals surface area contributed by atoms with E-state index in [2.05, 4.69) is 26.3 Å². The average Bonchev–Trinajstić information content (AvgIpc) is 2.54. The summed E-state index contributed by atoms with van der Waals surface area (Å²) in [7, 11) is 0. The molecule has 0 spiro atoms. The van der Waals surface area contributed by atoms with Crippen LogP contribution in [0.15, 0.2) is 12.4 Å². The van der Waals surface area contributed by atoms with E-state index in [1.165, 1.54) is 24.3 Å². The number of anilines is 2. The highest BCUT2D eigenvalue weighted by molar-refractivity contribution is 7.99. The minimum atomic E-state index is 0.483. The first kappa shape index (κ1) is 13.6. The molecule has 2 aliphatic heterocycles. The number of hydrogen-bond acceptors (Lipinski definition) is 6. The van der Waals surface area contributed by atoms with Crippen LogP contribution < -0.4 is 10.2 Å². The predicted molar refractivity (Wildman–Crippen MR) is 86.1 cm³/mol. The van der Waals surface area contributed by atoms with Gasteiger partial charge in [-0.2, -0.15) is 11.8 Å². The van der Waals surface area contributed by atoms with E-state index in [4.69, 9.17) is 4.74 Å². The van der Waals surface area contributed by atoms with Crippen molar-refractivity contribution in [3.63, 3.8) is 0 Å². The van der Waals surface area contributed by atoms with E-state index in [-0.39, 0.29) is 0 Å². The predicted octanol–water partition coefficient (Wildman–Crippen LogP) is 2.01. The molecular formula is C15H22N4OS. The molecule has 1 aliphatic carbocycles. The lowest BCUT2D eigenvalue weighted by molar-refractivity contribution is -0.0898. The quantitative estimate of drug-likeness (QED) is 0.922. The Kier molecular flexibility index (Phi) is 3.90. The lowest BCUT2D eigenvalue weighted by Gasteiger charge is -2.47. The number of aromatic nitrogens is 2. The molecule has 0 unspecified atom stereocenters. The molecule has 3 atom stereocenters. The van der Waals surface area contributed by atoms with Gasteiger partial charge in [0.25, 0.3) is 0 Å². The van der Waals surface area contributed by atoms with Gasteiger partial charge in [0.2, 0.25) is 0 Å². The van der Waals surface area contributed by atoms with Crippen molar-refractivity contribution in [3.8, 4) is 0 Å². The van der Waals surface area contributed by atoms with E-state index in [1.54, 1.807) is 6.33 Å². The fourth-order valence-electron chi connectivity index (χ4n) is 3.54. The Bertz CT molecular complexity index is 494. The van der Waals surface area contributed by atoms with Crippen LogP contribution in [0, 0.1) is 5.92 Å². The summed E-state index contributed by atoms with van der Waals surface area (Å²) in [6.07, 6.45) is 5.76. The Morgan fingerprint density at radius 1 is 1.29 bits per heavy atom. The number of nitrogens with one attached hydrogen (secondary N) is 1. The molecule has 114 valence electrons. The smallest absolute Gasteiger partial charge is 0.134 e. The van der Waals surface area contributed by atoms with Gasteiger partial charge in [0.1, 0.15) is 18.0 Å². The largest absolute Gasteiger partial charge is 0.378 e. The number of hydrogen-bond donors (Lipinski definition) is 1. The second-order valence-electron chi connectivity index (χ2n) is 6.06. The number of fused-ring (bicyclic) bond motifs is 1. The fourth-order valence-corrected chi connectivity index (χ4v) is 4.45. The van der Waals surface area contributed by atoms with Crippen LogP contribution in [-0.4, -0.2) is 53.3 Å². The molecule has 0 radical (unpaired) electrons. The van der Waals surface area contributed by atoms with Crippen molar-refractivity contribution in [3.05, 3.63) is 12.4 Å². The van der Waals surface area contributed by atoms with Gasteiger partial charge < -0.3 is 15.0 Å². The first-order valence-electron chi connectivity index (χ1n) is 7.93. The molecule has 3 heterocycles. The molecule has 6 heteroatoms. The summed E-state index contributed by atoms with van der Waals surface area (Å²) in [5.41, 5.74) is 0. The van der Waals surface area contributed by atoms with Crippen LogP contribution in [0.5, 0.6) is 0 Å². The highest BCUT2D eigenvalue weighted by Crippen LogP contribution is 2.39. The third-order valence-electron chi connectivity index (χ3n) is 4.82. The van der Waals surface area contributed by atoms with Crippen molar-refractivity contribution in [2.24, 2.45) is 5.92 Å². The van der Waals surface area contributed by atoms with Gasteiger partial charge in [-0.05, 0) is 19.3 Å². The van der Waals surface area contributed by atoms with Gasteiger partial charge in [-0.3, -0.25) is 0 Å². The van der Waals surface area contributed by atoms with Gasteiger partial charge in [-0.15, -0.1) is 0 Å². The molecule has 3 aliphatic rings. The molecule has 1 saturated carbocycles. The van der Waals surface area contributed by atoms with Gasteiger partial charge in [0.05, 0.1) is 6.10 Å². The van der Waals surface area contributed by atoms with E-state index in [0.717, 1.165) is 37.8 Å². The fraction of sp³-hybridized carbons (Fsp3) is 0.733. The maximum absolute atomic E-state index is 5.78. The topological polar surface area (TPSA) is 50.3 Å². The Hall–Kier alpha value is -1.01. The van der Waals surface area contributed by atoms with Crippen molar-refractivity contribution in [1.82, 2.24) is 9.97 Å². The molecule has 4 rings (SSSR count). The van der Waals surface area contributed by atoms with Crippen molar-refractivity contribution in [2.75, 3.05) is 41.4 Å². The molecule has 1 N–H and O–H groups in total. The van der Waals surface area contributed by atoms with Crippen LogP contribution in [0.1, 0.15) is 19.3 Å². The van der Waals surface area contributed by atoms with Crippen molar-refractivity contribution in [1.29, 1.82) is 0 Å². The lowest BCUT2D eigenvalue weighted by atomic mass is 9.72. The summed E-state index contributed by atoms with van der Waals surface area (Å²) in [6, 6.07) is 2.63. The van der Waals surface area contributed by atoms with Gasteiger partial charge in [0.15, 0.2) is 0 Å². The Balaban J connectivity index is 1.41. The molecule has 2 saturated heterocycles. The van der Waals surface area contributed by atoms with Crippen LogP contribution in [-0.2, 0) is 4.74 Å². The van der Waals surface area contributed by atoms with Crippen LogP contribution in [0.2, 0.25) is 0 Å². The zero-order chi connectivity index (χ0) is 14.1. The molecule has 1 aromatic heterocycles. The standard InChI is InChI=1S/C15H22N4OS/c1-2-11-12(8-13(11)20-5-1)18-14-9-15(17-10-16-14)19-3-6-21-7-4-19/h9-13H,1-8H2,(H,16,17,18)/t11-,12+,13+/m0/s1. The summed E-state index contributed by atoms with van der Waals surface area (Å²) < 4.78 is 5.78. The molecule has 0 amide bonds. The summed E-state index contributed by atoms with van der Waals surface area (Å²) in [5, 5.41) is 3.59. The Morgan fingerprint density at radius 2 is 2.19 bits per heavy atom. The second kappa shape index (κ2) is 6.01. The number of nitrogens with zero attached hydrogens (tertiary/aromatic N) is 3. The van der Waals surface area contributed by atoms with Gasteiger partial charge in [0, 0.05) is 49.2 Å². The maximum atomic E-state index is 5.78. The molecule has 0 aromatic carbocycles. The summed E-state index contributed by atoms with van der Waals surface area (Å²) in [6.45, 7) is 3.12. The molecule has 21 heavy (non-hydrogen) atoms. The average molecular weight is 306 g/mol. The van der Waals surface area contributed by atoms with Crippen molar-refractivity contribution < 1.29 is 4.74 Å². The second-order valence-corrected chi connectivity index (χ2v) is 7.29. The van der Waals surface area contributed by atoms with E-state index in [1.807, 2.05) is 11.8 Å². The molecule has 0 bridgehead atoms. The zero-order valence-corrected chi connectivity index (χ0v) is 13.0. The third kappa shape index (κ3) is 2.83. The molecule has 3 fully saturated rings. The van der Waals surface area contributed by atoms with Crippen LogP contribution in [0.25, 0.3) is 0 Å². The zero-order valence-electron chi connectivity index (χ0n) is 12.2. The van der Waals surface area contributed by atoms with Crippen LogP contribution in [0.4, 0.5) is 11.6 Å². The highest BCUT2D eigenvalue weighted by atomic mass is 32.2. The summed E-state index contributed by atoms with van der Waals surface area (Å²) in [5.74, 6) is 5.08.